The third-order valence-corrected chi connectivity index (χ3v) is 5.31. The third-order valence-electron chi connectivity index (χ3n) is 4.08. The van der Waals surface area contributed by atoms with Crippen molar-refractivity contribution in [2.75, 3.05) is 13.1 Å². The predicted octanol–water partition coefficient (Wildman–Crippen LogP) is 2.96. The fourth-order valence-corrected chi connectivity index (χ4v) is 4.02. The van der Waals surface area contributed by atoms with Gasteiger partial charge in [-0.15, -0.1) is 21.5 Å². The second-order valence-corrected chi connectivity index (χ2v) is 7.34. The Hall–Kier alpha value is -1.40. The standard InChI is InChI=1S/C15H19ClN4OS/c1-2-19-10-17-18-15(19)11-4-3-7-20(9-11)14(21)8-12-5-6-13(16)22-12/h5-6,10-11H,2-4,7-9H2,1H3/t11-/m0/s1. The fourth-order valence-electron chi connectivity index (χ4n) is 2.95. The molecule has 1 amide bonds. The van der Waals surface area contributed by atoms with Crippen LogP contribution in [0.3, 0.4) is 0 Å². The minimum Gasteiger partial charge on any atom is -0.342 e. The van der Waals surface area contributed by atoms with E-state index in [1.165, 1.54) is 11.3 Å². The first kappa shape index (κ1) is 15.5. The van der Waals surface area contributed by atoms with Gasteiger partial charge >= 0.3 is 0 Å². The zero-order valence-corrected chi connectivity index (χ0v) is 14.1. The van der Waals surface area contributed by atoms with Gasteiger partial charge in [0, 0.05) is 30.4 Å². The molecule has 1 atom stereocenters. The lowest BCUT2D eigenvalue weighted by molar-refractivity contribution is -0.131. The number of likely N-dealkylation sites (tertiary alicyclic amines) is 1. The van der Waals surface area contributed by atoms with Crippen molar-refractivity contribution in [1.29, 1.82) is 0 Å². The van der Waals surface area contributed by atoms with Gasteiger partial charge in [0.05, 0.1) is 10.8 Å². The maximum atomic E-state index is 12.5. The van der Waals surface area contributed by atoms with Crippen LogP contribution in [0.25, 0.3) is 0 Å². The molecular formula is C15H19ClN4OS. The zero-order valence-electron chi connectivity index (χ0n) is 12.5. The van der Waals surface area contributed by atoms with Crippen LogP contribution in [0.5, 0.6) is 0 Å². The predicted molar refractivity (Wildman–Crippen MR) is 87.3 cm³/mol. The van der Waals surface area contributed by atoms with Crippen molar-refractivity contribution in [2.24, 2.45) is 0 Å². The summed E-state index contributed by atoms with van der Waals surface area (Å²) in [6.45, 7) is 4.50. The molecule has 1 saturated heterocycles. The molecule has 22 heavy (non-hydrogen) atoms. The van der Waals surface area contributed by atoms with Gasteiger partial charge < -0.3 is 9.47 Å². The van der Waals surface area contributed by atoms with Gasteiger partial charge in [-0.3, -0.25) is 4.79 Å². The molecule has 0 radical (unpaired) electrons. The van der Waals surface area contributed by atoms with E-state index >= 15 is 0 Å². The molecule has 2 aromatic heterocycles. The lowest BCUT2D eigenvalue weighted by Crippen LogP contribution is -2.40. The maximum absolute atomic E-state index is 12.5. The Morgan fingerprint density at radius 1 is 1.50 bits per heavy atom. The lowest BCUT2D eigenvalue weighted by Gasteiger charge is -2.32. The van der Waals surface area contributed by atoms with Gasteiger partial charge in [0.1, 0.15) is 12.2 Å². The van der Waals surface area contributed by atoms with Gasteiger partial charge in [0.2, 0.25) is 5.91 Å². The Labute approximate surface area is 138 Å². The Kier molecular flexibility index (Phi) is 4.78. The number of carbonyl (C=O) groups is 1. The number of carbonyl (C=O) groups excluding carboxylic acids is 1. The van der Waals surface area contributed by atoms with E-state index in [0.29, 0.717) is 6.42 Å². The molecule has 0 aromatic carbocycles. The highest BCUT2D eigenvalue weighted by molar-refractivity contribution is 7.16. The molecule has 0 N–H and O–H groups in total. The molecule has 5 nitrogen and oxygen atoms in total. The molecule has 0 unspecified atom stereocenters. The summed E-state index contributed by atoms with van der Waals surface area (Å²) in [5, 5.41) is 8.26. The number of rotatable bonds is 4. The molecule has 3 heterocycles. The summed E-state index contributed by atoms with van der Waals surface area (Å²) in [7, 11) is 0. The van der Waals surface area contributed by atoms with Crippen molar-refractivity contribution >= 4 is 28.8 Å². The van der Waals surface area contributed by atoms with E-state index in [4.69, 9.17) is 11.6 Å². The summed E-state index contributed by atoms with van der Waals surface area (Å²) < 4.78 is 2.80. The van der Waals surface area contributed by atoms with Crippen molar-refractivity contribution < 1.29 is 4.79 Å². The normalized spacial score (nSPS) is 18.6. The number of hydrogen-bond acceptors (Lipinski definition) is 4. The van der Waals surface area contributed by atoms with Gasteiger partial charge in [-0.25, -0.2) is 0 Å². The molecule has 2 aromatic rings. The molecule has 0 spiro atoms. The van der Waals surface area contributed by atoms with Gasteiger partial charge in [-0.05, 0) is 31.9 Å². The molecule has 1 aliphatic rings. The topological polar surface area (TPSA) is 51.0 Å². The second-order valence-electron chi connectivity index (χ2n) is 5.54. The highest BCUT2D eigenvalue weighted by Crippen LogP contribution is 2.27. The SMILES string of the molecule is CCn1cnnc1[C@H]1CCCN(C(=O)Cc2ccc(Cl)s2)C1. The second kappa shape index (κ2) is 6.79. The average Bonchev–Trinajstić information content (AvgIpc) is 3.16. The zero-order chi connectivity index (χ0) is 15.5. The molecule has 3 rings (SSSR count). The van der Waals surface area contributed by atoms with E-state index in [-0.39, 0.29) is 11.8 Å². The van der Waals surface area contributed by atoms with E-state index in [1.54, 1.807) is 6.33 Å². The molecule has 0 saturated carbocycles. The summed E-state index contributed by atoms with van der Waals surface area (Å²) in [5.74, 6) is 1.46. The summed E-state index contributed by atoms with van der Waals surface area (Å²) in [5.41, 5.74) is 0. The van der Waals surface area contributed by atoms with Gasteiger partial charge in [-0.2, -0.15) is 0 Å². The summed E-state index contributed by atoms with van der Waals surface area (Å²) in [4.78, 5) is 15.5. The van der Waals surface area contributed by atoms with Crippen molar-refractivity contribution in [3.8, 4) is 0 Å². The first-order valence-corrected chi connectivity index (χ1v) is 8.76. The minimum absolute atomic E-state index is 0.172. The first-order valence-electron chi connectivity index (χ1n) is 7.57. The molecule has 118 valence electrons. The number of aryl methyl sites for hydroxylation is 1. The Morgan fingerprint density at radius 2 is 2.36 bits per heavy atom. The number of halogens is 1. The highest BCUT2D eigenvalue weighted by Gasteiger charge is 2.27. The average molecular weight is 339 g/mol. The first-order chi connectivity index (χ1) is 10.7. The molecule has 0 bridgehead atoms. The number of amides is 1. The Balaban J connectivity index is 1.66. The number of thiophene rings is 1. The molecule has 0 aliphatic carbocycles. The quantitative estimate of drug-likeness (QED) is 0.861. The van der Waals surface area contributed by atoms with Crippen LogP contribution >= 0.6 is 22.9 Å². The van der Waals surface area contributed by atoms with Crippen LogP contribution in [-0.2, 0) is 17.8 Å². The van der Waals surface area contributed by atoms with Crippen LogP contribution in [0.15, 0.2) is 18.5 Å². The maximum Gasteiger partial charge on any atom is 0.227 e. The minimum atomic E-state index is 0.172. The summed E-state index contributed by atoms with van der Waals surface area (Å²) in [6, 6.07) is 3.78. The lowest BCUT2D eigenvalue weighted by atomic mass is 9.96. The summed E-state index contributed by atoms with van der Waals surface area (Å²) >= 11 is 7.41. The number of nitrogens with zero attached hydrogens (tertiary/aromatic N) is 4. The molecule has 1 fully saturated rings. The monoisotopic (exact) mass is 338 g/mol. The van der Waals surface area contributed by atoms with Crippen molar-refractivity contribution in [1.82, 2.24) is 19.7 Å². The van der Waals surface area contributed by atoms with Crippen LogP contribution < -0.4 is 0 Å². The van der Waals surface area contributed by atoms with Gasteiger partial charge in [0.25, 0.3) is 0 Å². The van der Waals surface area contributed by atoms with E-state index in [1.807, 2.05) is 17.0 Å². The van der Waals surface area contributed by atoms with Gasteiger partial charge in [-0.1, -0.05) is 11.6 Å². The third kappa shape index (κ3) is 3.33. The summed E-state index contributed by atoms with van der Waals surface area (Å²) in [6.07, 6.45) is 4.28. The highest BCUT2D eigenvalue weighted by atomic mass is 35.5. The van der Waals surface area contributed by atoms with E-state index in [2.05, 4.69) is 21.7 Å². The largest absolute Gasteiger partial charge is 0.342 e. The van der Waals surface area contributed by atoms with Crippen molar-refractivity contribution in [2.45, 2.75) is 38.6 Å². The van der Waals surface area contributed by atoms with Crippen LogP contribution in [0.2, 0.25) is 4.34 Å². The molecule has 7 heteroatoms. The number of hydrogen-bond donors (Lipinski definition) is 0. The number of aromatic nitrogens is 3. The van der Waals surface area contributed by atoms with Crippen molar-refractivity contribution in [3.63, 3.8) is 0 Å². The van der Waals surface area contributed by atoms with Crippen molar-refractivity contribution in [3.05, 3.63) is 33.5 Å². The van der Waals surface area contributed by atoms with Crippen LogP contribution in [0.1, 0.15) is 36.4 Å². The smallest absolute Gasteiger partial charge is 0.227 e. The van der Waals surface area contributed by atoms with E-state index in [0.717, 1.165) is 47.5 Å². The van der Waals surface area contributed by atoms with Crippen LogP contribution in [0.4, 0.5) is 0 Å². The number of piperidine rings is 1. The van der Waals surface area contributed by atoms with E-state index in [9.17, 15) is 4.79 Å². The van der Waals surface area contributed by atoms with Gasteiger partial charge in [0.15, 0.2) is 0 Å². The molecular weight excluding hydrogens is 320 g/mol. The van der Waals surface area contributed by atoms with Crippen LogP contribution in [0, 0.1) is 0 Å². The Morgan fingerprint density at radius 3 is 3.09 bits per heavy atom. The Bertz CT molecular complexity index is 654. The van der Waals surface area contributed by atoms with E-state index < -0.39 is 0 Å². The fraction of sp³-hybridized carbons (Fsp3) is 0.533. The molecule has 1 aliphatic heterocycles. The van der Waals surface area contributed by atoms with Crippen LogP contribution in [-0.4, -0.2) is 38.7 Å².